The molecule has 0 radical (unpaired) electrons. The lowest BCUT2D eigenvalue weighted by Gasteiger charge is -2.33. The number of rotatable bonds is 6. The van der Waals surface area contributed by atoms with Crippen LogP contribution in [0.5, 0.6) is 0 Å². The maximum Gasteiger partial charge on any atom is 0.310 e. The second kappa shape index (κ2) is 10.6. The minimum atomic E-state index is -0.107. The fraction of sp³-hybridized carbons (Fsp3) is 0.522. The van der Waals surface area contributed by atoms with Crippen LogP contribution >= 0.6 is 23.7 Å². The molecule has 1 aliphatic carbocycles. The summed E-state index contributed by atoms with van der Waals surface area (Å²) < 4.78 is 5.23. The van der Waals surface area contributed by atoms with E-state index in [0.717, 1.165) is 52.1 Å². The number of halogens is 1. The lowest BCUT2D eigenvalue weighted by molar-refractivity contribution is -0.148. The van der Waals surface area contributed by atoms with Crippen LogP contribution < -0.4 is 10.2 Å². The molecule has 176 valence electrons. The first-order valence-corrected chi connectivity index (χ1v) is 12.3. The maximum atomic E-state index is 12.2. The van der Waals surface area contributed by atoms with Gasteiger partial charge in [0.2, 0.25) is 5.13 Å². The smallest absolute Gasteiger partial charge is 0.310 e. The number of hydrogen-bond acceptors (Lipinski definition) is 9. The minimum absolute atomic E-state index is 0. The lowest BCUT2D eigenvalue weighted by Crippen LogP contribution is -2.39. The third-order valence-corrected chi connectivity index (χ3v) is 7.31. The van der Waals surface area contributed by atoms with Gasteiger partial charge in [0.1, 0.15) is 10.8 Å². The van der Waals surface area contributed by atoms with Crippen molar-refractivity contribution in [1.82, 2.24) is 20.2 Å². The number of anilines is 3. The summed E-state index contributed by atoms with van der Waals surface area (Å²) in [4.78, 5) is 23.8. The maximum absolute atomic E-state index is 12.2. The number of aromatic nitrogens is 4. The average Bonchev–Trinajstić information content (AvgIpc) is 3.51. The van der Waals surface area contributed by atoms with Crippen molar-refractivity contribution in [3.63, 3.8) is 0 Å². The molecule has 3 aromatic heterocycles. The number of carbonyl (C=O) groups excluding carboxylic acids is 1. The number of ether oxygens (including phenoxy) is 1. The zero-order chi connectivity index (χ0) is 21.9. The molecular formula is C23H29ClN6O2S. The van der Waals surface area contributed by atoms with Crippen molar-refractivity contribution in [1.29, 1.82) is 0 Å². The zero-order valence-corrected chi connectivity index (χ0v) is 20.3. The molecule has 1 saturated carbocycles. The van der Waals surface area contributed by atoms with Gasteiger partial charge in [0, 0.05) is 19.0 Å². The zero-order valence-electron chi connectivity index (χ0n) is 18.7. The van der Waals surface area contributed by atoms with Crippen molar-refractivity contribution < 1.29 is 9.53 Å². The summed E-state index contributed by atoms with van der Waals surface area (Å²) in [6.45, 7) is 3.82. The van der Waals surface area contributed by atoms with Crippen LogP contribution in [0.2, 0.25) is 0 Å². The number of pyridine rings is 2. The largest absolute Gasteiger partial charge is 0.466 e. The number of esters is 1. The molecule has 0 bridgehead atoms. The molecule has 5 rings (SSSR count). The van der Waals surface area contributed by atoms with Crippen LogP contribution in [0.3, 0.4) is 0 Å². The van der Waals surface area contributed by atoms with E-state index >= 15 is 0 Å². The highest BCUT2D eigenvalue weighted by Gasteiger charge is 2.27. The Balaban J connectivity index is 0.00000259. The van der Waals surface area contributed by atoms with Crippen molar-refractivity contribution >= 4 is 57.4 Å². The van der Waals surface area contributed by atoms with E-state index in [4.69, 9.17) is 9.72 Å². The predicted octanol–water partition coefficient (Wildman–Crippen LogP) is 5.08. The molecule has 1 unspecified atom stereocenters. The summed E-state index contributed by atoms with van der Waals surface area (Å²) in [6.07, 6.45) is 8.68. The van der Waals surface area contributed by atoms with Crippen LogP contribution in [-0.2, 0) is 9.53 Å². The van der Waals surface area contributed by atoms with Crippen LogP contribution in [0.25, 0.3) is 11.0 Å². The molecule has 0 aromatic carbocycles. The molecule has 1 saturated heterocycles. The number of hydrogen-bond donors (Lipinski definition) is 1. The van der Waals surface area contributed by atoms with Gasteiger partial charge in [0.15, 0.2) is 0 Å². The van der Waals surface area contributed by atoms with Crippen LogP contribution in [0, 0.1) is 5.92 Å². The van der Waals surface area contributed by atoms with Gasteiger partial charge in [-0.25, -0.2) is 4.98 Å². The average molecular weight is 489 g/mol. The van der Waals surface area contributed by atoms with Gasteiger partial charge in [0.25, 0.3) is 0 Å². The van der Waals surface area contributed by atoms with Gasteiger partial charge in [-0.2, -0.15) is 0 Å². The van der Waals surface area contributed by atoms with Crippen molar-refractivity contribution in [2.24, 2.45) is 5.92 Å². The molecule has 1 atom stereocenters. The molecule has 2 fully saturated rings. The first-order chi connectivity index (χ1) is 15.7. The Morgan fingerprint density at radius 3 is 2.85 bits per heavy atom. The monoisotopic (exact) mass is 488 g/mol. The number of nitrogens with zero attached hydrogens (tertiary/aromatic N) is 5. The highest BCUT2D eigenvalue weighted by atomic mass is 35.5. The highest BCUT2D eigenvalue weighted by Crippen LogP contribution is 2.37. The summed E-state index contributed by atoms with van der Waals surface area (Å²) in [5.41, 5.74) is 2.63. The van der Waals surface area contributed by atoms with Crippen molar-refractivity contribution in [3.8, 4) is 0 Å². The summed E-state index contributed by atoms with van der Waals surface area (Å²) >= 11 is 1.62. The molecule has 0 spiro atoms. The second-order valence-corrected chi connectivity index (χ2v) is 9.53. The van der Waals surface area contributed by atoms with E-state index in [1.165, 1.54) is 25.7 Å². The van der Waals surface area contributed by atoms with Crippen molar-refractivity contribution in [2.45, 2.75) is 51.4 Å². The van der Waals surface area contributed by atoms with Crippen molar-refractivity contribution in [3.05, 3.63) is 29.4 Å². The van der Waals surface area contributed by atoms with Gasteiger partial charge in [-0.3, -0.25) is 9.78 Å². The second-order valence-electron chi connectivity index (χ2n) is 8.52. The number of nitrogens with one attached hydrogen (secondary N) is 1. The molecule has 33 heavy (non-hydrogen) atoms. The lowest BCUT2D eigenvalue weighted by atomic mass is 9.98. The van der Waals surface area contributed by atoms with E-state index in [9.17, 15) is 4.79 Å². The van der Waals surface area contributed by atoms with E-state index in [2.05, 4.69) is 25.4 Å². The Bertz CT molecular complexity index is 1100. The van der Waals surface area contributed by atoms with Gasteiger partial charge in [-0.1, -0.05) is 24.2 Å². The summed E-state index contributed by atoms with van der Waals surface area (Å²) in [7, 11) is 0. The molecule has 0 amide bonds. The van der Waals surface area contributed by atoms with Crippen LogP contribution in [-0.4, -0.2) is 45.8 Å². The van der Waals surface area contributed by atoms with Gasteiger partial charge < -0.3 is 15.0 Å². The fourth-order valence-electron chi connectivity index (χ4n) is 4.64. The molecule has 4 heterocycles. The highest BCUT2D eigenvalue weighted by molar-refractivity contribution is 7.15. The van der Waals surface area contributed by atoms with Crippen LogP contribution in [0.1, 0.15) is 56.4 Å². The molecule has 2 aliphatic rings. The predicted molar refractivity (Wildman–Crippen MR) is 133 cm³/mol. The van der Waals surface area contributed by atoms with E-state index < -0.39 is 0 Å². The van der Waals surface area contributed by atoms with E-state index in [-0.39, 0.29) is 24.3 Å². The summed E-state index contributed by atoms with van der Waals surface area (Å²) in [6, 6.07) is 5.93. The van der Waals surface area contributed by atoms with Gasteiger partial charge in [0.05, 0.1) is 35.4 Å². The summed E-state index contributed by atoms with van der Waals surface area (Å²) in [5.74, 6) is 1.09. The Labute approximate surface area is 203 Å². The summed E-state index contributed by atoms with van der Waals surface area (Å²) in [5, 5.41) is 13.9. The molecule has 3 aromatic rings. The van der Waals surface area contributed by atoms with Crippen LogP contribution in [0.4, 0.5) is 16.6 Å². The van der Waals surface area contributed by atoms with E-state index in [0.29, 0.717) is 19.1 Å². The van der Waals surface area contributed by atoms with E-state index in [1.807, 2.05) is 31.3 Å². The topological polar surface area (TPSA) is 93.1 Å². The van der Waals surface area contributed by atoms with Crippen molar-refractivity contribution in [2.75, 3.05) is 29.9 Å². The Morgan fingerprint density at radius 2 is 2.03 bits per heavy atom. The number of carbonyl (C=O) groups is 1. The number of piperidine rings is 1. The molecule has 8 nitrogen and oxygen atoms in total. The Morgan fingerprint density at radius 1 is 1.18 bits per heavy atom. The molecule has 1 N–H and O–H groups in total. The molecule has 10 heteroatoms. The first kappa shape index (κ1) is 23.6. The van der Waals surface area contributed by atoms with E-state index in [1.54, 1.807) is 11.3 Å². The third-order valence-electron chi connectivity index (χ3n) is 6.31. The quantitative estimate of drug-likeness (QED) is 0.480. The molecule has 1 aliphatic heterocycles. The fourth-order valence-corrected chi connectivity index (χ4v) is 5.55. The minimum Gasteiger partial charge on any atom is -0.466 e. The Hall–Kier alpha value is -2.52. The van der Waals surface area contributed by atoms with Gasteiger partial charge in [-0.05, 0) is 50.8 Å². The van der Waals surface area contributed by atoms with Gasteiger partial charge in [-0.15, -0.1) is 22.6 Å². The van der Waals surface area contributed by atoms with Gasteiger partial charge >= 0.3 is 5.97 Å². The third kappa shape index (κ3) is 5.35. The standard InChI is InChI=1S/C23H28N6O2S.ClH/c1-2-31-22(30)16-8-5-11-29(14-16)17-12-19-18(24-13-17)9-10-20(25-19)26-23-28-27-21(32-23)15-6-3-4-7-15;/h9-10,12-13,15-16H,2-8,11,14H2,1H3,(H,25,26,28);1H. The normalized spacial score (nSPS) is 18.8. The SMILES string of the molecule is CCOC(=O)C1CCCN(c2cnc3ccc(Nc4nnc(C5CCCC5)s4)nc3c2)C1.Cl. The molecular weight excluding hydrogens is 460 g/mol. The first-order valence-electron chi connectivity index (χ1n) is 11.5. The Kier molecular flexibility index (Phi) is 7.60. The van der Waals surface area contributed by atoms with Crippen LogP contribution in [0.15, 0.2) is 24.4 Å². The number of fused-ring (bicyclic) bond motifs is 1.